The lowest BCUT2D eigenvalue weighted by Crippen LogP contribution is -2.19. The van der Waals surface area contributed by atoms with Gasteiger partial charge in [-0.2, -0.15) is 0 Å². The van der Waals surface area contributed by atoms with Crippen molar-refractivity contribution in [3.8, 4) is 33.6 Å². The van der Waals surface area contributed by atoms with E-state index in [1.807, 2.05) is 12.1 Å². The molecule has 4 aromatic rings. The molecule has 42 heavy (non-hydrogen) atoms. The van der Waals surface area contributed by atoms with Crippen LogP contribution in [0, 0.1) is 0 Å². The summed E-state index contributed by atoms with van der Waals surface area (Å²) in [6, 6.07) is 12.2. The molecule has 2 aromatic carbocycles. The summed E-state index contributed by atoms with van der Waals surface area (Å²) in [5.74, 6) is -4.36. The topological polar surface area (TPSA) is 84.7 Å². The Bertz CT molecular complexity index is 1660. The number of H-pyrrole nitrogens is 2. The summed E-state index contributed by atoms with van der Waals surface area (Å²) < 4.78 is 54.9. The Morgan fingerprint density at radius 3 is 1.76 bits per heavy atom. The first kappa shape index (κ1) is 26.1. The standard InChI is InChI=1S/C31H31F4N7/c1-42-24-8-9-25(42)27-19(23-13-37-29(41-23)21-11-31(34,35)15-39-21)7-6-18(26(24)27)16-2-4-17(5-3-16)22-12-36-28(40-22)20-10-30(32,33)14-38-20/h2-7,12-13,20-21,24-25,38-39H,8-11,14-15H2,1H3,(H,36,40)(H,37,41)/t20-,21-,24?,25?/m0/s1. The zero-order valence-electron chi connectivity index (χ0n) is 23.0. The summed E-state index contributed by atoms with van der Waals surface area (Å²) >= 11 is 0. The van der Waals surface area contributed by atoms with E-state index >= 15 is 0 Å². The highest BCUT2D eigenvalue weighted by Crippen LogP contribution is 2.57. The molecule has 0 saturated carbocycles. The van der Waals surface area contributed by atoms with E-state index < -0.39 is 23.9 Å². The summed E-state index contributed by atoms with van der Waals surface area (Å²) in [5, 5.41) is 5.74. The molecule has 0 radical (unpaired) electrons. The van der Waals surface area contributed by atoms with Crippen LogP contribution in [0.1, 0.15) is 72.6 Å². The molecule has 2 bridgehead atoms. The zero-order valence-corrected chi connectivity index (χ0v) is 23.0. The first-order valence-electron chi connectivity index (χ1n) is 14.5. The summed E-state index contributed by atoms with van der Waals surface area (Å²) in [4.78, 5) is 17.9. The summed E-state index contributed by atoms with van der Waals surface area (Å²) in [6.45, 7) is -0.663. The van der Waals surface area contributed by atoms with E-state index in [-0.39, 0.29) is 25.9 Å². The van der Waals surface area contributed by atoms with Crippen LogP contribution in [-0.2, 0) is 0 Å². The molecule has 4 atom stereocenters. The number of halogens is 4. The number of rotatable bonds is 5. The number of alkyl halides is 4. The Morgan fingerprint density at radius 2 is 1.19 bits per heavy atom. The van der Waals surface area contributed by atoms with E-state index in [0.717, 1.165) is 40.9 Å². The third kappa shape index (κ3) is 4.20. The number of aromatic amines is 2. The first-order chi connectivity index (χ1) is 20.2. The van der Waals surface area contributed by atoms with Gasteiger partial charge in [0.25, 0.3) is 11.8 Å². The maximum absolute atomic E-state index is 13.8. The molecule has 2 unspecified atom stereocenters. The average Bonchev–Trinajstić information content (AvgIpc) is 3.81. The van der Waals surface area contributed by atoms with E-state index in [1.54, 1.807) is 12.4 Å². The van der Waals surface area contributed by atoms with Gasteiger partial charge in [0, 0.05) is 30.5 Å². The van der Waals surface area contributed by atoms with Crippen LogP contribution in [0.3, 0.4) is 0 Å². The summed E-state index contributed by atoms with van der Waals surface area (Å²) in [5.41, 5.74) is 8.53. The highest BCUT2D eigenvalue weighted by molar-refractivity contribution is 5.80. The van der Waals surface area contributed by atoms with Gasteiger partial charge in [-0.1, -0.05) is 36.4 Å². The minimum atomic E-state index is -2.72. The van der Waals surface area contributed by atoms with Crippen molar-refractivity contribution in [3.63, 3.8) is 0 Å². The summed E-state index contributed by atoms with van der Waals surface area (Å²) in [6.07, 6.45) is 5.11. The molecule has 2 aromatic heterocycles. The van der Waals surface area contributed by atoms with Crippen LogP contribution in [0.2, 0.25) is 0 Å². The van der Waals surface area contributed by atoms with Crippen LogP contribution in [0.4, 0.5) is 17.6 Å². The van der Waals surface area contributed by atoms with Crippen LogP contribution in [0.15, 0.2) is 48.8 Å². The molecule has 4 aliphatic heterocycles. The molecule has 218 valence electrons. The number of aromatic nitrogens is 4. The molecule has 11 heteroatoms. The molecule has 6 heterocycles. The van der Waals surface area contributed by atoms with Crippen molar-refractivity contribution in [1.29, 1.82) is 0 Å². The molecule has 8 rings (SSSR count). The van der Waals surface area contributed by atoms with Gasteiger partial charge in [0.05, 0.1) is 49.0 Å². The largest absolute Gasteiger partial charge is 0.341 e. The monoisotopic (exact) mass is 577 g/mol. The lowest BCUT2D eigenvalue weighted by molar-refractivity contribution is 0.0201. The normalized spacial score (nSPS) is 27.6. The SMILES string of the molecule is CN1C2CCC1c1c(-c3cnc([C@@H]4CC(F)(F)CN4)[nH]3)ccc(-c3ccc(-c4cnc([C@@H]5CC(F)(F)CN5)[nH]4)cc3)c12. The Balaban J connectivity index is 1.10. The number of imidazole rings is 2. The fraction of sp³-hybridized carbons (Fsp3) is 0.419. The minimum Gasteiger partial charge on any atom is -0.341 e. The number of fused-ring (bicyclic) bond motifs is 5. The molecule has 7 nitrogen and oxygen atoms in total. The van der Waals surface area contributed by atoms with Gasteiger partial charge < -0.3 is 20.6 Å². The Labute approximate surface area is 240 Å². The zero-order chi connectivity index (χ0) is 28.8. The quantitative estimate of drug-likeness (QED) is 0.210. The van der Waals surface area contributed by atoms with Crippen molar-refractivity contribution >= 4 is 0 Å². The smallest absolute Gasteiger partial charge is 0.262 e. The van der Waals surface area contributed by atoms with Crippen molar-refractivity contribution in [2.75, 3.05) is 20.1 Å². The summed E-state index contributed by atoms with van der Waals surface area (Å²) in [7, 11) is 2.17. The predicted octanol–water partition coefficient (Wildman–Crippen LogP) is 6.29. The third-order valence-electron chi connectivity index (χ3n) is 9.52. The molecule has 0 amide bonds. The highest BCUT2D eigenvalue weighted by Gasteiger charge is 2.45. The van der Waals surface area contributed by atoms with Crippen LogP contribution < -0.4 is 10.6 Å². The van der Waals surface area contributed by atoms with Gasteiger partial charge in [-0.05, 0) is 47.7 Å². The maximum Gasteiger partial charge on any atom is 0.262 e. The second kappa shape index (κ2) is 9.23. The third-order valence-corrected chi connectivity index (χ3v) is 9.52. The van der Waals surface area contributed by atoms with Crippen molar-refractivity contribution in [1.82, 2.24) is 35.5 Å². The Morgan fingerprint density at radius 1 is 0.690 bits per heavy atom. The predicted molar refractivity (Wildman–Crippen MR) is 150 cm³/mol. The fourth-order valence-corrected chi connectivity index (χ4v) is 7.44. The molecule has 3 fully saturated rings. The van der Waals surface area contributed by atoms with Crippen LogP contribution in [0.25, 0.3) is 33.6 Å². The lowest BCUT2D eigenvalue weighted by atomic mass is 9.82. The van der Waals surface area contributed by atoms with Gasteiger partial charge in [0.15, 0.2) is 0 Å². The van der Waals surface area contributed by atoms with Gasteiger partial charge in [0.1, 0.15) is 11.6 Å². The molecular formula is C31H31F4N7. The average molecular weight is 578 g/mol. The number of benzene rings is 2. The minimum absolute atomic E-state index is 0.256. The van der Waals surface area contributed by atoms with E-state index in [9.17, 15) is 17.6 Å². The molecule has 4 aliphatic rings. The molecule has 0 spiro atoms. The van der Waals surface area contributed by atoms with Gasteiger partial charge in [-0.25, -0.2) is 27.5 Å². The van der Waals surface area contributed by atoms with Crippen LogP contribution in [0.5, 0.6) is 0 Å². The van der Waals surface area contributed by atoms with E-state index in [4.69, 9.17) is 0 Å². The molecule has 0 aliphatic carbocycles. The number of hydrogen-bond donors (Lipinski definition) is 4. The maximum atomic E-state index is 13.8. The van der Waals surface area contributed by atoms with E-state index in [1.165, 1.54) is 16.7 Å². The van der Waals surface area contributed by atoms with Gasteiger partial charge in [-0.15, -0.1) is 0 Å². The number of hydrogen-bond acceptors (Lipinski definition) is 5. The van der Waals surface area contributed by atoms with Gasteiger partial charge in [0.2, 0.25) is 0 Å². The van der Waals surface area contributed by atoms with Crippen LogP contribution in [-0.4, -0.2) is 56.8 Å². The van der Waals surface area contributed by atoms with Gasteiger partial charge >= 0.3 is 0 Å². The van der Waals surface area contributed by atoms with E-state index in [0.29, 0.717) is 23.7 Å². The fourth-order valence-electron chi connectivity index (χ4n) is 7.44. The Kier molecular flexibility index (Phi) is 5.74. The van der Waals surface area contributed by atoms with Crippen molar-refractivity contribution < 1.29 is 17.6 Å². The van der Waals surface area contributed by atoms with Crippen molar-refractivity contribution in [3.05, 3.63) is 71.6 Å². The van der Waals surface area contributed by atoms with E-state index in [2.05, 4.69) is 66.8 Å². The first-order valence-corrected chi connectivity index (χ1v) is 14.5. The second-order valence-corrected chi connectivity index (χ2v) is 12.2. The lowest BCUT2D eigenvalue weighted by Gasteiger charge is -2.21. The van der Waals surface area contributed by atoms with Crippen LogP contribution >= 0.6 is 0 Å². The molecule has 4 N–H and O–H groups in total. The van der Waals surface area contributed by atoms with Crippen molar-refractivity contribution in [2.45, 2.75) is 61.7 Å². The van der Waals surface area contributed by atoms with Gasteiger partial charge in [-0.3, -0.25) is 4.90 Å². The molecular weight excluding hydrogens is 546 g/mol. The highest BCUT2D eigenvalue weighted by atomic mass is 19.3. The van der Waals surface area contributed by atoms with Crippen molar-refractivity contribution in [2.24, 2.45) is 0 Å². The molecule has 3 saturated heterocycles. The number of nitrogens with one attached hydrogen (secondary N) is 4. The Hall–Kier alpha value is -3.54. The second-order valence-electron chi connectivity index (χ2n) is 12.2. The number of nitrogens with zero attached hydrogens (tertiary/aromatic N) is 3.